The molecule has 6 rings (SSSR count). The summed E-state index contributed by atoms with van der Waals surface area (Å²) in [4.78, 5) is 17.2. The van der Waals surface area contributed by atoms with Crippen LogP contribution in [-0.4, -0.2) is 31.5 Å². The number of amidine groups is 2. The number of amides is 1. The van der Waals surface area contributed by atoms with Crippen LogP contribution in [0.5, 0.6) is 0 Å². The highest BCUT2D eigenvalue weighted by Crippen LogP contribution is 2.31. The first-order valence-corrected chi connectivity index (χ1v) is 12.1. The van der Waals surface area contributed by atoms with Gasteiger partial charge in [-0.3, -0.25) is 10.2 Å². The smallest absolute Gasteiger partial charge is 0.283 e. The van der Waals surface area contributed by atoms with Crippen molar-refractivity contribution in [2.45, 2.75) is 13.5 Å². The van der Waals surface area contributed by atoms with Crippen molar-refractivity contribution in [2.24, 2.45) is 10.1 Å². The molecule has 0 saturated heterocycles. The molecular formula is C28H21N5OS. The topological polar surface area (TPSA) is 73.8 Å². The molecule has 170 valence electrons. The molecule has 1 aromatic heterocycles. The van der Waals surface area contributed by atoms with Gasteiger partial charge in [0.15, 0.2) is 5.84 Å². The molecular weight excluding hydrogens is 454 g/mol. The first-order valence-electron chi connectivity index (χ1n) is 11.3. The van der Waals surface area contributed by atoms with E-state index in [0.717, 1.165) is 21.9 Å². The molecule has 6 nitrogen and oxygen atoms in total. The Kier molecular flexibility index (Phi) is 5.19. The number of hydrogen-bond acceptors (Lipinski definition) is 4. The van der Waals surface area contributed by atoms with E-state index in [1.807, 2.05) is 61.7 Å². The van der Waals surface area contributed by atoms with Gasteiger partial charge in [-0.2, -0.15) is 15.1 Å². The van der Waals surface area contributed by atoms with Gasteiger partial charge in [0.1, 0.15) is 5.04 Å². The van der Waals surface area contributed by atoms with E-state index in [1.54, 1.807) is 6.08 Å². The predicted octanol–water partition coefficient (Wildman–Crippen LogP) is 5.67. The van der Waals surface area contributed by atoms with Crippen LogP contribution in [0.15, 0.2) is 101 Å². The number of hydrogen-bond donors (Lipinski definition) is 1. The summed E-state index contributed by atoms with van der Waals surface area (Å²) in [7, 11) is 0. The molecule has 0 unspecified atom stereocenters. The number of aromatic nitrogens is 1. The zero-order chi connectivity index (χ0) is 23.9. The van der Waals surface area contributed by atoms with Crippen molar-refractivity contribution in [2.75, 3.05) is 0 Å². The van der Waals surface area contributed by atoms with Gasteiger partial charge in [-0.25, -0.2) is 0 Å². The van der Waals surface area contributed by atoms with Crippen LogP contribution in [0.3, 0.4) is 0 Å². The van der Waals surface area contributed by atoms with Gasteiger partial charge in [-0.05, 0) is 59.3 Å². The average molecular weight is 476 g/mol. The standard InChI is InChI=1S/C28H21N5OS/c1-18-7-4-10-20(15-18)27-31-33-25(29)24(26(34)30-28(33)35-27)16-22-12-6-14-32(22)17-21-11-5-9-19-8-2-3-13-23(19)21/h2-16,29H,17H2,1H3. The highest BCUT2D eigenvalue weighted by Gasteiger charge is 2.36. The Bertz CT molecular complexity index is 1610. The van der Waals surface area contributed by atoms with Crippen LogP contribution in [-0.2, 0) is 11.3 Å². The zero-order valence-electron chi connectivity index (χ0n) is 19.0. The van der Waals surface area contributed by atoms with Crippen LogP contribution in [0.25, 0.3) is 16.8 Å². The Morgan fingerprint density at radius 3 is 2.71 bits per heavy atom. The fourth-order valence-corrected chi connectivity index (χ4v) is 5.24. The zero-order valence-corrected chi connectivity index (χ0v) is 19.8. The molecule has 3 heterocycles. The monoisotopic (exact) mass is 475 g/mol. The molecule has 1 amide bonds. The first kappa shape index (κ1) is 21.3. The molecule has 0 bridgehead atoms. The summed E-state index contributed by atoms with van der Waals surface area (Å²) in [6, 6.07) is 26.5. The summed E-state index contributed by atoms with van der Waals surface area (Å²) >= 11 is 1.31. The van der Waals surface area contributed by atoms with E-state index in [1.165, 1.54) is 33.1 Å². The van der Waals surface area contributed by atoms with Gasteiger partial charge < -0.3 is 4.57 Å². The Morgan fingerprint density at radius 1 is 1.00 bits per heavy atom. The van der Waals surface area contributed by atoms with Gasteiger partial charge >= 0.3 is 0 Å². The van der Waals surface area contributed by atoms with Gasteiger partial charge in [0.25, 0.3) is 5.91 Å². The Balaban J connectivity index is 1.32. The minimum atomic E-state index is -0.424. The molecule has 0 saturated carbocycles. The minimum absolute atomic E-state index is 0.0352. The van der Waals surface area contributed by atoms with Gasteiger partial charge in [0.2, 0.25) is 5.17 Å². The second-order valence-corrected chi connectivity index (χ2v) is 9.45. The van der Waals surface area contributed by atoms with E-state index in [9.17, 15) is 4.79 Å². The van der Waals surface area contributed by atoms with Crippen molar-refractivity contribution in [3.05, 3.63) is 113 Å². The normalized spacial score (nSPS) is 16.6. The summed E-state index contributed by atoms with van der Waals surface area (Å²) in [5, 5.41) is 18.3. The molecule has 2 aliphatic rings. The fraction of sp³-hybridized carbons (Fsp3) is 0.0714. The largest absolute Gasteiger partial charge is 0.344 e. The summed E-state index contributed by atoms with van der Waals surface area (Å²) in [5.74, 6) is -0.389. The van der Waals surface area contributed by atoms with E-state index in [0.29, 0.717) is 11.7 Å². The average Bonchev–Trinajstić information content (AvgIpc) is 3.49. The highest BCUT2D eigenvalue weighted by molar-refractivity contribution is 8.27. The van der Waals surface area contributed by atoms with E-state index in [4.69, 9.17) is 5.41 Å². The second-order valence-electron chi connectivity index (χ2n) is 8.49. The predicted molar refractivity (Wildman–Crippen MR) is 143 cm³/mol. The van der Waals surface area contributed by atoms with Crippen molar-refractivity contribution in [1.29, 1.82) is 5.41 Å². The number of aryl methyl sites for hydroxylation is 1. The third kappa shape index (κ3) is 3.90. The molecule has 3 aromatic carbocycles. The lowest BCUT2D eigenvalue weighted by molar-refractivity contribution is -0.114. The molecule has 0 radical (unpaired) electrons. The molecule has 0 fully saturated rings. The van der Waals surface area contributed by atoms with E-state index >= 15 is 0 Å². The fourth-order valence-electron chi connectivity index (χ4n) is 4.35. The molecule has 2 aliphatic heterocycles. The van der Waals surface area contributed by atoms with Crippen molar-refractivity contribution in [1.82, 2.24) is 9.58 Å². The molecule has 35 heavy (non-hydrogen) atoms. The van der Waals surface area contributed by atoms with Crippen LogP contribution in [0.1, 0.15) is 22.4 Å². The Labute approximate surface area is 206 Å². The molecule has 1 N–H and O–H groups in total. The van der Waals surface area contributed by atoms with E-state index in [-0.39, 0.29) is 11.4 Å². The number of carbonyl (C=O) groups excluding carboxylic acids is 1. The van der Waals surface area contributed by atoms with E-state index < -0.39 is 5.91 Å². The maximum absolute atomic E-state index is 12.9. The highest BCUT2D eigenvalue weighted by atomic mass is 32.2. The van der Waals surface area contributed by atoms with Gasteiger partial charge in [-0.15, -0.1) is 0 Å². The van der Waals surface area contributed by atoms with Crippen molar-refractivity contribution < 1.29 is 4.79 Å². The number of carbonyl (C=O) groups is 1. The Morgan fingerprint density at radius 2 is 1.83 bits per heavy atom. The molecule has 0 atom stereocenters. The lowest BCUT2D eigenvalue weighted by Crippen LogP contribution is -2.35. The van der Waals surface area contributed by atoms with Crippen LogP contribution in [0.2, 0.25) is 0 Å². The third-order valence-corrected chi connectivity index (χ3v) is 7.05. The Hall–Kier alpha value is -4.23. The molecule has 0 aliphatic carbocycles. The van der Waals surface area contributed by atoms with Crippen LogP contribution in [0, 0.1) is 12.3 Å². The number of benzene rings is 3. The van der Waals surface area contributed by atoms with Crippen molar-refractivity contribution in [3.63, 3.8) is 0 Å². The molecule has 7 heteroatoms. The van der Waals surface area contributed by atoms with Crippen LogP contribution >= 0.6 is 11.8 Å². The number of thioether (sulfide) groups is 1. The SMILES string of the molecule is Cc1cccc(C2=NN3C(=N)C(=Cc4cccn4Cc4cccc5ccccc45)C(=O)N=C3S2)c1. The van der Waals surface area contributed by atoms with E-state index in [2.05, 4.69) is 45.0 Å². The van der Waals surface area contributed by atoms with Crippen LogP contribution < -0.4 is 0 Å². The lowest BCUT2D eigenvalue weighted by atomic mass is 10.0. The third-order valence-electron chi connectivity index (χ3n) is 6.10. The number of nitrogens with zero attached hydrogens (tertiary/aromatic N) is 4. The van der Waals surface area contributed by atoms with Gasteiger partial charge in [0, 0.05) is 24.0 Å². The minimum Gasteiger partial charge on any atom is -0.344 e. The molecule has 4 aromatic rings. The number of fused-ring (bicyclic) bond motifs is 2. The van der Waals surface area contributed by atoms with Crippen LogP contribution in [0.4, 0.5) is 0 Å². The summed E-state index contributed by atoms with van der Waals surface area (Å²) in [6.45, 7) is 2.67. The second kappa shape index (κ2) is 8.52. The van der Waals surface area contributed by atoms with Gasteiger partial charge in [-0.1, -0.05) is 66.2 Å². The number of aliphatic imine (C=N–C) groups is 1. The number of rotatable bonds is 4. The summed E-state index contributed by atoms with van der Waals surface area (Å²) < 4.78 is 2.08. The van der Waals surface area contributed by atoms with Crippen molar-refractivity contribution in [3.8, 4) is 0 Å². The maximum atomic E-state index is 12.9. The lowest BCUT2D eigenvalue weighted by Gasteiger charge is -2.20. The van der Waals surface area contributed by atoms with Crippen molar-refractivity contribution >= 4 is 50.6 Å². The maximum Gasteiger partial charge on any atom is 0.283 e. The quantitative estimate of drug-likeness (QED) is 0.387. The number of hydrazone groups is 1. The van der Waals surface area contributed by atoms with Gasteiger partial charge in [0.05, 0.1) is 5.57 Å². The summed E-state index contributed by atoms with van der Waals surface area (Å²) in [5.41, 5.74) is 4.31. The summed E-state index contributed by atoms with van der Waals surface area (Å²) in [6.07, 6.45) is 3.72. The molecule has 0 spiro atoms. The first-order chi connectivity index (χ1) is 17.1. The number of nitrogens with one attached hydrogen (secondary N) is 1.